The van der Waals surface area contributed by atoms with Crippen LogP contribution >= 0.6 is 0 Å². The summed E-state index contributed by atoms with van der Waals surface area (Å²) in [5.74, 6) is 1.67. The number of likely N-dealkylation sites (tertiary alicyclic amines) is 1. The van der Waals surface area contributed by atoms with E-state index in [1.165, 1.54) is 30.5 Å². The van der Waals surface area contributed by atoms with E-state index in [-0.39, 0.29) is 0 Å². The second kappa shape index (κ2) is 6.17. The lowest BCUT2D eigenvalue weighted by molar-refractivity contribution is 0.197. The van der Waals surface area contributed by atoms with Crippen molar-refractivity contribution in [2.24, 2.45) is 0 Å². The average Bonchev–Trinajstić information content (AvgIpc) is 3.01. The van der Waals surface area contributed by atoms with Gasteiger partial charge in [-0.3, -0.25) is 4.90 Å². The van der Waals surface area contributed by atoms with Crippen LogP contribution in [0, 0.1) is 6.92 Å². The molecule has 118 valence electrons. The van der Waals surface area contributed by atoms with Gasteiger partial charge in [-0.15, -0.1) is 0 Å². The van der Waals surface area contributed by atoms with Crippen LogP contribution < -0.4 is 0 Å². The number of rotatable bonds is 3. The van der Waals surface area contributed by atoms with Crippen molar-refractivity contribution < 1.29 is 0 Å². The molecule has 1 aliphatic heterocycles. The molecule has 3 heteroatoms. The van der Waals surface area contributed by atoms with Crippen molar-refractivity contribution in [3.8, 4) is 0 Å². The topological polar surface area (TPSA) is 31.9 Å². The van der Waals surface area contributed by atoms with Crippen LogP contribution in [0.3, 0.4) is 0 Å². The van der Waals surface area contributed by atoms with Gasteiger partial charge in [-0.05, 0) is 44.0 Å². The Kier molecular flexibility index (Phi) is 3.88. The van der Waals surface area contributed by atoms with Crippen molar-refractivity contribution in [2.75, 3.05) is 13.1 Å². The molecule has 4 rings (SSSR count). The highest BCUT2D eigenvalue weighted by molar-refractivity contribution is 5.74. The van der Waals surface area contributed by atoms with Crippen molar-refractivity contribution in [1.82, 2.24) is 14.9 Å². The first-order valence-electron chi connectivity index (χ1n) is 8.50. The van der Waals surface area contributed by atoms with Crippen LogP contribution in [-0.2, 0) is 6.54 Å². The normalized spacial score (nSPS) is 19.3. The number of benzene rings is 2. The van der Waals surface area contributed by atoms with Crippen molar-refractivity contribution in [3.05, 3.63) is 65.5 Å². The summed E-state index contributed by atoms with van der Waals surface area (Å²) in [7, 11) is 0. The number of nitrogens with zero attached hydrogens (tertiary/aromatic N) is 2. The van der Waals surface area contributed by atoms with Crippen LogP contribution in [-0.4, -0.2) is 28.0 Å². The summed E-state index contributed by atoms with van der Waals surface area (Å²) in [5.41, 5.74) is 4.96. The van der Waals surface area contributed by atoms with Gasteiger partial charge in [0.05, 0.1) is 11.0 Å². The zero-order valence-corrected chi connectivity index (χ0v) is 13.6. The summed E-state index contributed by atoms with van der Waals surface area (Å²) >= 11 is 0. The molecule has 1 N–H and O–H groups in total. The molecular weight excluding hydrogens is 282 g/mol. The summed E-state index contributed by atoms with van der Waals surface area (Å²) < 4.78 is 0. The number of aromatic nitrogens is 2. The Morgan fingerprint density at radius 2 is 1.96 bits per heavy atom. The second-order valence-electron chi connectivity index (χ2n) is 6.70. The van der Waals surface area contributed by atoms with Crippen LogP contribution in [0.1, 0.15) is 35.7 Å². The van der Waals surface area contributed by atoms with Gasteiger partial charge in [-0.25, -0.2) is 4.98 Å². The molecule has 3 aromatic rings. The van der Waals surface area contributed by atoms with E-state index in [1.54, 1.807) is 0 Å². The number of hydrogen-bond acceptors (Lipinski definition) is 2. The van der Waals surface area contributed by atoms with Gasteiger partial charge in [0.25, 0.3) is 0 Å². The van der Waals surface area contributed by atoms with Crippen molar-refractivity contribution in [3.63, 3.8) is 0 Å². The minimum Gasteiger partial charge on any atom is -0.342 e. The summed E-state index contributed by atoms with van der Waals surface area (Å²) in [6.45, 7) is 5.46. The third-order valence-electron chi connectivity index (χ3n) is 4.83. The van der Waals surface area contributed by atoms with E-state index in [0.717, 1.165) is 29.9 Å². The molecule has 1 aromatic heterocycles. The van der Waals surface area contributed by atoms with Gasteiger partial charge in [-0.1, -0.05) is 42.0 Å². The SMILES string of the molecule is Cc1ccc(CN2CCC[C@@H](c3nc4ccccc4[nH]3)C2)cc1. The van der Waals surface area contributed by atoms with E-state index in [2.05, 4.69) is 65.3 Å². The fourth-order valence-corrected chi connectivity index (χ4v) is 3.54. The Morgan fingerprint density at radius 3 is 2.78 bits per heavy atom. The Labute approximate surface area is 137 Å². The Hall–Kier alpha value is -2.13. The lowest BCUT2D eigenvalue weighted by atomic mass is 9.97. The number of hydrogen-bond donors (Lipinski definition) is 1. The summed E-state index contributed by atoms with van der Waals surface area (Å²) in [4.78, 5) is 10.9. The quantitative estimate of drug-likeness (QED) is 0.784. The van der Waals surface area contributed by atoms with E-state index < -0.39 is 0 Å². The standard InChI is InChI=1S/C20H23N3/c1-15-8-10-16(11-9-15)13-23-12-4-5-17(14-23)20-21-18-6-2-3-7-19(18)22-20/h2-3,6-11,17H,4-5,12-14H2,1H3,(H,21,22)/t17-/m1/s1. The molecule has 0 spiro atoms. The second-order valence-corrected chi connectivity index (χ2v) is 6.70. The molecule has 3 nitrogen and oxygen atoms in total. The Bertz CT molecular complexity index is 755. The predicted molar refractivity (Wildman–Crippen MR) is 94.5 cm³/mol. The molecule has 2 aromatic carbocycles. The fourth-order valence-electron chi connectivity index (χ4n) is 3.54. The van der Waals surface area contributed by atoms with Crippen LogP contribution in [0.2, 0.25) is 0 Å². The van der Waals surface area contributed by atoms with Gasteiger partial charge >= 0.3 is 0 Å². The van der Waals surface area contributed by atoms with Gasteiger partial charge in [0, 0.05) is 19.0 Å². The molecule has 0 unspecified atom stereocenters. The molecule has 0 saturated carbocycles. The summed E-state index contributed by atoms with van der Waals surface area (Å²) in [6.07, 6.45) is 2.47. The predicted octanol–water partition coefficient (Wildman–Crippen LogP) is 4.25. The monoisotopic (exact) mass is 305 g/mol. The lowest BCUT2D eigenvalue weighted by Gasteiger charge is -2.31. The Morgan fingerprint density at radius 1 is 1.13 bits per heavy atom. The van der Waals surface area contributed by atoms with Gasteiger partial charge in [0.1, 0.15) is 5.82 Å². The number of aryl methyl sites for hydroxylation is 1. The Balaban J connectivity index is 1.49. The first-order chi connectivity index (χ1) is 11.3. The molecule has 1 saturated heterocycles. The van der Waals surface area contributed by atoms with Gasteiger partial charge < -0.3 is 4.98 Å². The first kappa shape index (κ1) is 14.5. The largest absolute Gasteiger partial charge is 0.342 e. The smallest absolute Gasteiger partial charge is 0.111 e. The molecule has 1 fully saturated rings. The molecule has 1 aliphatic rings. The van der Waals surface area contributed by atoms with Crippen molar-refractivity contribution in [1.29, 1.82) is 0 Å². The molecule has 1 atom stereocenters. The lowest BCUT2D eigenvalue weighted by Crippen LogP contribution is -2.34. The minimum absolute atomic E-state index is 0.515. The third kappa shape index (κ3) is 3.15. The molecule has 2 heterocycles. The number of H-pyrrole nitrogens is 1. The van der Waals surface area contributed by atoms with E-state index >= 15 is 0 Å². The van der Waals surface area contributed by atoms with Crippen molar-refractivity contribution in [2.45, 2.75) is 32.2 Å². The highest BCUT2D eigenvalue weighted by atomic mass is 15.1. The maximum atomic E-state index is 4.81. The zero-order valence-electron chi connectivity index (χ0n) is 13.6. The molecule has 0 radical (unpaired) electrons. The fraction of sp³-hybridized carbons (Fsp3) is 0.350. The van der Waals surface area contributed by atoms with Crippen molar-refractivity contribution >= 4 is 11.0 Å². The number of fused-ring (bicyclic) bond motifs is 1. The molecule has 23 heavy (non-hydrogen) atoms. The minimum atomic E-state index is 0.515. The van der Waals surface area contributed by atoms with Crippen LogP contribution in [0.25, 0.3) is 11.0 Å². The summed E-state index contributed by atoms with van der Waals surface area (Å²) in [5, 5.41) is 0. The van der Waals surface area contributed by atoms with Crippen LogP contribution in [0.4, 0.5) is 0 Å². The van der Waals surface area contributed by atoms with E-state index in [1.807, 2.05) is 0 Å². The zero-order chi connectivity index (χ0) is 15.6. The number of aromatic amines is 1. The maximum Gasteiger partial charge on any atom is 0.111 e. The van der Waals surface area contributed by atoms with Crippen LogP contribution in [0.5, 0.6) is 0 Å². The summed E-state index contributed by atoms with van der Waals surface area (Å²) in [6, 6.07) is 17.2. The number of imidazole rings is 1. The highest BCUT2D eigenvalue weighted by Crippen LogP contribution is 2.27. The van der Waals surface area contributed by atoms with E-state index in [0.29, 0.717) is 5.92 Å². The maximum absolute atomic E-state index is 4.81. The first-order valence-corrected chi connectivity index (χ1v) is 8.50. The molecule has 0 aliphatic carbocycles. The molecule has 0 bridgehead atoms. The van der Waals surface area contributed by atoms with E-state index in [4.69, 9.17) is 4.98 Å². The number of para-hydroxylation sites is 2. The third-order valence-corrected chi connectivity index (χ3v) is 4.83. The van der Waals surface area contributed by atoms with Gasteiger partial charge in [0.2, 0.25) is 0 Å². The van der Waals surface area contributed by atoms with E-state index in [9.17, 15) is 0 Å². The van der Waals surface area contributed by atoms with Crippen LogP contribution in [0.15, 0.2) is 48.5 Å². The molecular formula is C20H23N3. The average molecular weight is 305 g/mol. The highest BCUT2D eigenvalue weighted by Gasteiger charge is 2.23. The molecule has 0 amide bonds. The van der Waals surface area contributed by atoms with Gasteiger partial charge in [0.15, 0.2) is 0 Å². The van der Waals surface area contributed by atoms with Gasteiger partial charge in [-0.2, -0.15) is 0 Å². The number of piperidine rings is 1. The number of nitrogens with one attached hydrogen (secondary N) is 1.